The first-order chi connectivity index (χ1) is 18.8. The van der Waals surface area contributed by atoms with Gasteiger partial charge in [-0.25, -0.2) is 4.39 Å². The Bertz CT molecular complexity index is 1390. The smallest absolute Gasteiger partial charge is 0.289 e. The van der Waals surface area contributed by atoms with Gasteiger partial charge in [-0.3, -0.25) is 9.69 Å². The number of amides is 1. The van der Waals surface area contributed by atoms with Gasteiger partial charge in [-0.15, -0.1) is 0 Å². The third-order valence-corrected chi connectivity index (χ3v) is 6.65. The molecular formula is C31H32ClFN2O4. The minimum absolute atomic E-state index is 0.198. The zero-order valence-electron chi connectivity index (χ0n) is 22.3. The van der Waals surface area contributed by atoms with E-state index in [-0.39, 0.29) is 17.5 Å². The van der Waals surface area contributed by atoms with Crippen LogP contribution in [0.4, 0.5) is 4.39 Å². The van der Waals surface area contributed by atoms with Gasteiger partial charge >= 0.3 is 0 Å². The van der Waals surface area contributed by atoms with Crippen LogP contribution in [-0.2, 0) is 26.1 Å². The Morgan fingerprint density at radius 1 is 0.846 bits per heavy atom. The number of halogens is 2. The summed E-state index contributed by atoms with van der Waals surface area (Å²) in [7, 11) is 4.95. The lowest BCUT2D eigenvalue weighted by atomic mass is 10.1. The molecule has 0 atom stereocenters. The molecule has 0 radical (unpaired) electrons. The fourth-order valence-corrected chi connectivity index (χ4v) is 4.46. The first kappa shape index (κ1) is 28.2. The van der Waals surface area contributed by atoms with E-state index in [4.69, 9.17) is 25.5 Å². The van der Waals surface area contributed by atoms with E-state index in [0.717, 1.165) is 16.7 Å². The minimum atomic E-state index is -0.277. The topological polar surface area (TPSA) is 55.2 Å². The lowest BCUT2D eigenvalue weighted by molar-refractivity contribution is 0.0760. The highest BCUT2D eigenvalue weighted by Crippen LogP contribution is 2.28. The van der Waals surface area contributed by atoms with Gasteiger partial charge in [-0.05, 0) is 71.6 Å². The van der Waals surface area contributed by atoms with Gasteiger partial charge in [0.15, 0.2) is 17.3 Å². The van der Waals surface area contributed by atoms with Crippen LogP contribution < -0.4 is 9.47 Å². The number of hydrogen-bond donors (Lipinski definition) is 0. The number of nitrogens with zero attached hydrogens (tertiary/aromatic N) is 2. The van der Waals surface area contributed by atoms with Crippen molar-refractivity contribution >= 4 is 17.5 Å². The highest BCUT2D eigenvalue weighted by Gasteiger charge is 2.18. The lowest BCUT2D eigenvalue weighted by Crippen LogP contribution is -2.28. The molecule has 0 N–H and O–H groups in total. The van der Waals surface area contributed by atoms with Crippen molar-refractivity contribution in [2.45, 2.75) is 26.1 Å². The van der Waals surface area contributed by atoms with E-state index < -0.39 is 0 Å². The zero-order valence-corrected chi connectivity index (χ0v) is 23.1. The molecule has 4 rings (SSSR count). The standard InChI is InChI=1S/C31H32ClFN2O4/c1-34(16-15-22-9-13-28(37-2)30(18-22)38-3)31(36)29-14-12-27(39-29)21-35(19-23-7-10-25(32)11-8-23)20-24-5-4-6-26(33)17-24/h4-14,17-18H,15-16,19-21H2,1-3H3. The van der Waals surface area contributed by atoms with E-state index in [2.05, 4.69) is 4.90 Å². The Morgan fingerprint density at radius 3 is 2.28 bits per heavy atom. The Balaban J connectivity index is 1.41. The van der Waals surface area contributed by atoms with Crippen LogP contribution >= 0.6 is 11.6 Å². The second-order valence-electron chi connectivity index (χ2n) is 9.33. The van der Waals surface area contributed by atoms with Crippen LogP contribution in [-0.4, -0.2) is 43.5 Å². The molecule has 3 aromatic carbocycles. The first-order valence-corrected chi connectivity index (χ1v) is 13.0. The summed E-state index contributed by atoms with van der Waals surface area (Å²) in [6.45, 7) is 2.06. The van der Waals surface area contributed by atoms with Crippen LogP contribution in [0.2, 0.25) is 5.02 Å². The SMILES string of the molecule is COc1ccc(CCN(C)C(=O)c2ccc(CN(Cc3ccc(Cl)cc3)Cc3cccc(F)c3)o2)cc1OC. The molecule has 1 amide bonds. The predicted octanol–water partition coefficient (Wildman–Crippen LogP) is 6.61. The Kier molecular flexibility index (Phi) is 9.63. The van der Waals surface area contributed by atoms with Gasteiger partial charge in [-0.1, -0.05) is 41.9 Å². The number of likely N-dealkylation sites (N-methyl/N-ethyl adjacent to an activating group) is 1. The highest BCUT2D eigenvalue weighted by molar-refractivity contribution is 6.30. The molecule has 0 bridgehead atoms. The number of carbonyl (C=O) groups excluding carboxylic acids is 1. The summed E-state index contributed by atoms with van der Waals surface area (Å²) in [6, 6.07) is 23.4. The molecule has 6 nitrogen and oxygen atoms in total. The third kappa shape index (κ3) is 7.85. The van der Waals surface area contributed by atoms with Gasteiger partial charge in [0, 0.05) is 31.7 Å². The molecule has 39 heavy (non-hydrogen) atoms. The van der Waals surface area contributed by atoms with Gasteiger partial charge in [0.05, 0.1) is 20.8 Å². The normalized spacial score (nSPS) is 11.0. The monoisotopic (exact) mass is 550 g/mol. The van der Waals surface area contributed by atoms with E-state index in [9.17, 15) is 9.18 Å². The maximum absolute atomic E-state index is 13.8. The largest absolute Gasteiger partial charge is 0.493 e. The number of methoxy groups -OCH3 is 2. The molecule has 0 aliphatic carbocycles. The van der Waals surface area contributed by atoms with Crippen molar-refractivity contribution in [3.63, 3.8) is 0 Å². The van der Waals surface area contributed by atoms with E-state index in [0.29, 0.717) is 54.9 Å². The minimum Gasteiger partial charge on any atom is -0.493 e. The molecule has 4 aromatic rings. The van der Waals surface area contributed by atoms with Crippen LogP contribution in [0.3, 0.4) is 0 Å². The molecule has 204 valence electrons. The fraction of sp³-hybridized carbons (Fsp3) is 0.258. The summed E-state index contributed by atoms with van der Waals surface area (Å²) < 4.78 is 30.5. The summed E-state index contributed by atoms with van der Waals surface area (Å²) in [5.41, 5.74) is 2.94. The summed E-state index contributed by atoms with van der Waals surface area (Å²) in [5.74, 6) is 1.77. The molecule has 0 saturated carbocycles. The van der Waals surface area contributed by atoms with Crippen LogP contribution in [0, 0.1) is 5.82 Å². The summed E-state index contributed by atoms with van der Waals surface area (Å²) in [6.07, 6.45) is 0.651. The molecule has 1 heterocycles. The average Bonchev–Trinajstić information content (AvgIpc) is 3.40. The van der Waals surface area contributed by atoms with E-state index in [1.165, 1.54) is 12.1 Å². The average molecular weight is 551 g/mol. The second-order valence-corrected chi connectivity index (χ2v) is 9.77. The summed E-state index contributed by atoms with van der Waals surface area (Å²) >= 11 is 6.05. The van der Waals surface area contributed by atoms with E-state index in [1.54, 1.807) is 38.3 Å². The molecular weight excluding hydrogens is 519 g/mol. The van der Waals surface area contributed by atoms with Crippen molar-refractivity contribution in [2.75, 3.05) is 27.8 Å². The van der Waals surface area contributed by atoms with Crippen LogP contribution in [0.15, 0.2) is 83.3 Å². The van der Waals surface area contributed by atoms with Crippen LogP contribution in [0.5, 0.6) is 11.5 Å². The molecule has 0 spiro atoms. The second kappa shape index (κ2) is 13.3. The zero-order chi connectivity index (χ0) is 27.8. The van der Waals surface area contributed by atoms with Crippen LogP contribution in [0.25, 0.3) is 0 Å². The van der Waals surface area contributed by atoms with Crippen molar-refractivity contribution in [3.05, 3.63) is 118 Å². The Hall–Kier alpha value is -3.81. The Morgan fingerprint density at radius 2 is 1.56 bits per heavy atom. The van der Waals surface area contributed by atoms with Gasteiger partial charge in [-0.2, -0.15) is 0 Å². The fourth-order valence-electron chi connectivity index (χ4n) is 4.33. The quantitative estimate of drug-likeness (QED) is 0.199. The summed E-state index contributed by atoms with van der Waals surface area (Å²) in [5, 5.41) is 0.667. The van der Waals surface area contributed by atoms with E-state index in [1.807, 2.05) is 54.6 Å². The molecule has 0 aliphatic rings. The summed E-state index contributed by atoms with van der Waals surface area (Å²) in [4.78, 5) is 16.8. The van der Waals surface area contributed by atoms with Gasteiger partial charge in [0.1, 0.15) is 11.6 Å². The van der Waals surface area contributed by atoms with Crippen molar-refractivity contribution in [2.24, 2.45) is 0 Å². The maximum Gasteiger partial charge on any atom is 0.289 e. The number of rotatable bonds is 12. The lowest BCUT2D eigenvalue weighted by Gasteiger charge is -2.22. The number of benzene rings is 3. The molecule has 8 heteroatoms. The number of furan rings is 1. The van der Waals surface area contributed by atoms with Gasteiger partial charge < -0.3 is 18.8 Å². The number of carbonyl (C=O) groups is 1. The predicted molar refractivity (Wildman–Crippen MR) is 150 cm³/mol. The van der Waals surface area contributed by atoms with Crippen molar-refractivity contribution in [1.82, 2.24) is 9.80 Å². The van der Waals surface area contributed by atoms with Gasteiger partial charge in [0.25, 0.3) is 5.91 Å². The Labute approximate surface area is 233 Å². The third-order valence-electron chi connectivity index (χ3n) is 6.40. The molecule has 0 saturated heterocycles. The van der Waals surface area contributed by atoms with Crippen molar-refractivity contribution < 1.29 is 23.1 Å². The first-order valence-electron chi connectivity index (χ1n) is 12.6. The molecule has 0 fully saturated rings. The maximum atomic E-state index is 13.8. The molecule has 0 unspecified atom stereocenters. The van der Waals surface area contributed by atoms with Crippen molar-refractivity contribution in [1.29, 1.82) is 0 Å². The molecule has 0 aliphatic heterocycles. The van der Waals surface area contributed by atoms with E-state index >= 15 is 0 Å². The highest BCUT2D eigenvalue weighted by atomic mass is 35.5. The number of ether oxygens (including phenoxy) is 2. The molecule has 1 aromatic heterocycles. The number of hydrogen-bond acceptors (Lipinski definition) is 5. The van der Waals surface area contributed by atoms with Crippen molar-refractivity contribution in [3.8, 4) is 11.5 Å². The van der Waals surface area contributed by atoms with Crippen LogP contribution in [0.1, 0.15) is 33.0 Å². The van der Waals surface area contributed by atoms with Gasteiger partial charge in [0.2, 0.25) is 0 Å².